The van der Waals surface area contributed by atoms with Gasteiger partial charge in [-0.25, -0.2) is 0 Å². The van der Waals surface area contributed by atoms with E-state index in [1.54, 1.807) is 7.11 Å². The molecule has 0 amide bonds. The van der Waals surface area contributed by atoms with Gasteiger partial charge in [-0.3, -0.25) is 0 Å². The van der Waals surface area contributed by atoms with Crippen LogP contribution in [0.25, 0.3) is 0 Å². The number of rotatable bonds is 4. The molecule has 1 aromatic heterocycles. The summed E-state index contributed by atoms with van der Waals surface area (Å²) >= 11 is 0. The van der Waals surface area contributed by atoms with Gasteiger partial charge in [-0.2, -0.15) is 15.0 Å². The van der Waals surface area contributed by atoms with Gasteiger partial charge in [0.2, 0.25) is 11.9 Å². The molecule has 6 nitrogen and oxygen atoms in total. The molecule has 2 atom stereocenters. The second-order valence-electron chi connectivity index (χ2n) is 5.57. The zero-order valence-electron chi connectivity index (χ0n) is 12.3. The van der Waals surface area contributed by atoms with Crippen LogP contribution in [0.15, 0.2) is 0 Å². The Morgan fingerprint density at radius 3 is 2.85 bits per heavy atom. The van der Waals surface area contributed by atoms with Crippen LogP contribution in [-0.2, 0) is 0 Å². The predicted octanol–water partition coefficient (Wildman–Crippen LogP) is 2.08. The Hall–Kier alpha value is -1.59. The Bertz CT molecular complexity index is 467. The third kappa shape index (κ3) is 2.51. The molecule has 1 aliphatic heterocycles. The zero-order chi connectivity index (χ0) is 13.9. The van der Waals surface area contributed by atoms with Crippen LogP contribution in [0.5, 0.6) is 6.01 Å². The fourth-order valence-electron chi connectivity index (χ4n) is 3.46. The van der Waals surface area contributed by atoms with Gasteiger partial charge in [-0.15, -0.1) is 0 Å². The van der Waals surface area contributed by atoms with Crippen molar-refractivity contribution in [2.45, 2.75) is 45.1 Å². The monoisotopic (exact) mass is 277 g/mol. The summed E-state index contributed by atoms with van der Waals surface area (Å²) in [6, 6.07) is 0.996. The van der Waals surface area contributed by atoms with Crippen LogP contribution in [0.1, 0.15) is 39.0 Å². The van der Waals surface area contributed by atoms with Gasteiger partial charge in [0.15, 0.2) is 0 Å². The predicted molar refractivity (Wildman–Crippen MR) is 78.3 cm³/mol. The lowest BCUT2D eigenvalue weighted by atomic mass is 9.85. The van der Waals surface area contributed by atoms with Crippen molar-refractivity contribution >= 4 is 11.9 Å². The Morgan fingerprint density at radius 2 is 2.05 bits per heavy atom. The molecular formula is C14H23N5O. The van der Waals surface area contributed by atoms with Crippen molar-refractivity contribution in [3.8, 4) is 6.01 Å². The van der Waals surface area contributed by atoms with Crippen molar-refractivity contribution in [3.05, 3.63) is 0 Å². The Balaban J connectivity index is 1.86. The molecule has 20 heavy (non-hydrogen) atoms. The number of anilines is 2. The van der Waals surface area contributed by atoms with E-state index in [2.05, 4.69) is 25.2 Å². The third-order valence-corrected chi connectivity index (χ3v) is 4.39. The van der Waals surface area contributed by atoms with Crippen molar-refractivity contribution in [3.63, 3.8) is 0 Å². The highest BCUT2D eigenvalue weighted by Crippen LogP contribution is 2.38. The summed E-state index contributed by atoms with van der Waals surface area (Å²) in [7, 11) is 1.60. The topological polar surface area (TPSA) is 63.2 Å². The molecule has 1 N–H and O–H groups in total. The van der Waals surface area contributed by atoms with Crippen LogP contribution < -0.4 is 15.0 Å². The first-order chi connectivity index (χ1) is 9.81. The summed E-state index contributed by atoms with van der Waals surface area (Å²) in [4.78, 5) is 15.6. The molecule has 0 bridgehead atoms. The standard InChI is InChI=1S/C14H23N5O/c1-3-15-12-16-13(18-14(17-12)20-2)19-9-8-10-6-4-5-7-11(10)19/h10-11H,3-9H2,1-2H3,(H,15,16,17,18). The van der Waals surface area contributed by atoms with Gasteiger partial charge in [-0.1, -0.05) is 12.8 Å². The fourth-order valence-corrected chi connectivity index (χ4v) is 3.46. The first-order valence-electron chi connectivity index (χ1n) is 7.62. The van der Waals surface area contributed by atoms with Gasteiger partial charge in [0.25, 0.3) is 0 Å². The molecular weight excluding hydrogens is 254 g/mol. The molecule has 2 aliphatic rings. The lowest BCUT2D eigenvalue weighted by Crippen LogP contribution is -2.36. The van der Waals surface area contributed by atoms with E-state index >= 15 is 0 Å². The molecule has 0 aromatic carbocycles. The fraction of sp³-hybridized carbons (Fsp3) is 0.786. The summed E-state index contributed by atoms with van der Waals surface area (Å²) in [5, 5.41) is 3.15. The van der Waals surface area contributed by atoms with E-state index in [1.807, 2.05) is 6.92 Å². The molecule has 0 radical (unpaired) electrons. The normalized spacial score (nSPS) is 25.4. The number of aromatic nitrogens is 3. The lowest BCUT2D eigenvalue weighted by Gasteiger charge is -2.31. The number of nitrogens with one attached hydrogen (secondary N) is 1. The zero-order valence-corrected chi connectivity index (χ0v) is 12.3. The van der Waals surface area contributed by atoms with E-state index in [4.69, 9.17) is 4.74 Å². The Morgan fingerprint density at radius 1 is 1.20 bits per heavy atom. The maximum atomic E-state index is 5.21. The highest BCUT2D eigenvalue weighted by Gasteiger charge is 2.37. The summed E-state index contributed by atoms with van der Waals surface area (Å²) in [6.07, 6.45) is 6.56. The van der Waals surface area contributed by atoms with E-state index in [-0.39, 0.29) is 0 Å². The molecule has 1 saturated heterocycles. The minimum Gasteiger partial charge on any atom is -0.467 e. The second-order valence-corrected chi connectivity index (χ2v) is 5.57. The van der Waals surface area contributed by atoms with Crippen LogP contribution in [0.4, 0.5) is 11.9 Å². The maximum Gasteiger partial charge on any atom is 0.322 e. The quantitative estimate of drug-likeness (QED) is 0.909. The van der Waals surface area contributed by atoms with Crippen LogP contribution in [-0.4, -0.2) is 41.2 Å². The highest BCUT2D eigenvalue weighted by molar-refractivity contribution is 5.41. The summed E-state index contributed by atoms with van der Waals surface area (Å²) < 4.78 is 5.21. The van der Waals surface area contributed by atoms with Crippen molar-refractivity contribution in [2.75, 3.05) is 30.4 Å². The van der Waals surface area contributed by atoms with E-state index in [0.717, 1.165) is 25.0 Å². The Kier molecular flexibility index (Phi) is 3.89. The van der Waals surface area contributed by atoms with Crippen LogP contribution in [0.3, 0.4) is 0 Å². The molecule has 6 heteroatoms. The highest BCUT2D eigenvalue weighted by atomic mass is 16.5. The first kappa shape index (κ1) is 13.4. The molecule has 2 unspecified atom stereocenters. The largest absolute Gasteiger partial charge is 0.467 e. The third-order valence-electron chi connectivity index (χ3n) is 4.39. The number of nitrogens with zero attached hydrogens (tertiary/aromatic N) is 4. The van der Waals surface area contributed by atoms with Gasteiger partial charge < -0.3 is 15.0 Å². The summed E-state index contributed by atoms with van der Waals surface area (Å²) in [5.41, 5.74) is 0. The second kappa shape index (κ2) is 5.81. The lowest BCUT2D eigenvalue weighted by molar-refractivity contribution is 0.339. The summed E-state index contributed by atoms with van der Waals surface area (Å²) in [6.45, 7) is 3.87. The van der Waals surface area contributed by atoms with E-state index < -0.39 is 0 Å². The smallest absolute Gasteiger partial charge is 0.322 e. The van der Waals surface area contributed by atoms with Crippen molar-refractivity contribution in [2.24, 2.45) is 5.92 Å². The van der Waals surface area contributed by atoms with Crippen molar-refractivity contribution in [1.29, 1.82) is 0 Å². The number of methoxy groups -OCH3 is 1. The molecule has 3 rings (SSSR count). The molecule has 1 saturated carbocycles. The maximum absolute atomic E-state index is 5.21. The molecule has 1 aliphatic carbocycles. The first-order valence-corrected chi connectivity index (χ1v) is 7.62. The molecule has 110 valence electrons. The molecule has 2 heterocycles. The minimum atomic E-state index is 0.394. The number of hydrogen-bond donors (Lipinski definition) is 1. The van der Waals surface area contributed by atoms with Crippen LogP contribution in [0, 0.1) is 5.92 Å². The van der Waals surface area contributed by atoms with Crippen molar-refractivity contribution in [1.82, 2.24) is 15.0 Å². The molecule has 1 aromatic rings. The van der Waals surface area contributed by atoms with Crippen LogP contribution in [0.2, 0.25) is 0 Å². The molecule has 2 fully saturated rings. The van der Waals surface area contributed by atoms with E-state index in [9.17, 15) is 0 Å². The van der Waals surface area contributed by atoms with Gasteiger partial charge in [-0.05, 0) is 32.1 Å². The minimum absolute atomic E-state index is 0.394. The van der Waals surface area contributed by atoms with E-state index in [0.29, 0.717) is 18.0 Å². The number of ether oxygens (including phenoxy) is 1. The SMILES string of the molecule is CCNc1nc(OC)nc(N2CCC3CCCCC32)n1. The van der Waals surface area contributed by atoms with Gasteiger partial charge in [0, 0.05) is 19.1 Å². The summed E-state index contributed by atoms with van der Waals surface area (Å²) in [5.74, 6) is 2.19. The van der Waals surface area contributed by atoms with Crippen LogP contribution >= 0.6 is 0 Å². The van der Waals surface area contributed by atoms with Gasteiger partial charge >= 0.3 is 6.01 Å². The van der Waals surface area contributed by atoms with Crippen molar-refractivity contribution < 1.29 is 4.74 Å². The van der Waals surface area contributed by atoms with Gasteiger partial charge in [0.05, 0.1) is 7.11 Å². The number of hydrogen-bond acceptors (Lipinski definition) is 6. The van der Waals surface area contributed by atoms with E-state index in [1.165, 1.54) is 32.1 Å². The average molecular weight is 277 g/mol. The van der Waals surface area contributed by atoms with Gasteiger partial charge in [0.1, 0.15) is 0 Å². The average Bonchev–Trinajstić information content (AvgIpc) is 2.91. The Labute approximate surface area is 120 Å². The number of fused-ring (bicyclic) bond motifs is 1. The molecule has 0 spiro atoms.